The second kappa shape index (κ2) is 8.42. The maximum Gasteiger partial charge on any atom is 0.194 e. The summed E-state index contributed by atoms with van der Waals surface area (Å²) < 4.78 is 5.47. The van der Waals surface area contributed by atoms with E-state index in [9.17, 15) is 5.26 Å². The predicted octanol–water partition coefficient (Wildman–Crippen LogP) is 5.73. The van der Waals surface area contributed by atoms with Gasteiger partial charge in [0.15, 0.2) is 15.6 Å². The number of hydrogen-bond donors (Lipinski definition) is 0. The number of benzene rings is 2. The number of nitrogens with zero attached hydrogens (tertiary/aromatic N) is 5. The fourth-order valence-electron chi connectivity index (χ4n) is 3.50. The molecule has 1 aliphatic rings. The highest BCUT2D eigenvalue weighted by atomic mass is 35.5. The van der Waals surface area contributed by atoms with Gasteiger partial charge >= 0.3 is 0 Å². The topological polar surface area (TPSA) is 74.9 Å². The van der Waals surface area contributed by atoms with Crippen LogP contribution in [0.2, 0.25) is 5.02 Å². The Morgan fingerprint density at radius 2 is 1.94 bits per heavy atom. The van der Waals surface area contributed by atoms with Gasteiger partial charge in [-0.25, -0.2) is 9.97 Å². The van der Waals surface area contributed by atoms with Gasteiger partial charge in [-0.2, -0.15) is 10.2 Å². The van der Waals surface area contributed by atoms with Gasteiger partial charge in [-0.1, -0.05) is 59.3 Å². The van der Waals surface area contributed by atoms with Crippen molar-refractivity contribution in [1.29, 1.82) is 5.26 Å². The first kappa shape index (κ1) is 20.2. The molecule has 0 saturated heterocycles. The van der Waals surface area contributed by atoms with Crippen LogP contribution >= 0.6 is 22.9 Å². The molecule has 8 heteroatoms. The molecule has 5 rings (SSSR count). The van der Waals surface area contributed by atoms with Crippen molar-refractivity contribution in [3.8, 4) is 23.1 Å². The Morgan fingerprint density at radius 3 is 2.72 bits per heavy atom. The SMILES string of the molecule is COc1ccccc1C1=CCN(c2nc3ncc(-c4ccc(Cl)cc4)nc3s2)C(C#N)=C1. The Labute approximate surface area is 193 Å². The van der Waals surface area contributed by atoms with Gasteiger partial charge < -0.3 is 9.64 Å². The van der Waals surface area contributed by atoms with Crippen LogP contribution in [0.1, 0.15) is 5.56 Å². The molecule has 3 heterocycles. The standard InChI is InChI=1S/C24H16ClN5OS/c1-31-21-5-3-2-4-19(21)16-10-11-30(18(12-16)13-26)24-29-22-23(32-24)28-20(14-27-22)15-6-8-17(25)9-7-15/h2-10,12,14H,11H2,1H3. The number of nitriles is 1. The van der Waals surface area contributed by atoms with Gasteiger partial charge in [0.1, 0.15) is 17.5 Å². The molecule has 0 atom stereocenters. The molecule has 4 aromatic rings. The summed E-state index contributed by atoms with van der Waals surface area (Å²) in [5.74, 6) is 0.767. The van der Waals surface area contributed by atoms with E-state index in [1.54, 1.807) is 13.3 Å². The van der Waals surface area contributed by atoms with Crippen molar-refractivity contribution < 1.29 is 4.74 Å². The number of anilines is 1. The molecule has 0 bridgehead atoms. The minimum atomic E-state index is 0.505. The summed E-state index contributed by atoms with van der Waals surface area (Å²) in [7, 11) is 1.64. The van der Waals surface area contributed by atoms with Crippen molar-refractivity contribution >= 4 is 44.1 Å². The normalized spacial score (nSPS) is 13.5. The molecule has 32 heavy (non-hydrogen) atoms. The molecule has 2 aromatic carbocycles. The third-order valence-corrected chi connectivity index (χ3v) is 6.31. The molecule has 0 spiro atoms. The van der Waals surface area contributed by atoms with Crippen molar-refractivity contribution in [3.63, 3.8) is 0 Å². The zero-order valence-electron chi connectivity index (χ0n) is 17.0. The van der Waals surface area contributed by atoms with Crippen LogP contribution in [0.4, 0.5) is 5.13 Å². The van der Waals surface area contributed by atoms with Crippen molar-refractivity contribution in [2.24, 2.45) is 0 Å². The van der Waals surface area contributed by atoms with Gasteiger partial charge in [-0.15, -0.1) is 0 Å². The fraction of sp³-hybridized carbons (Fsp3) is 0.0833. The maximum atomic E-state index is 9.82. The van der Waals surface area contributed by atoms with Crippen molar-refractivity contribution in [2.45, 2.75) is 0 Å². The molecule has 0 aliphatic carbocycles. The zero-order valence-corrected chi connectivity index (χ0v) is 18.6. The lowest BCUT2D eigenvalue weighted by Crippen LogP contribution is -2.24. The summed E-state index contributed by atoms with van der Waals surface area (Å²) >= 11 is 7.39. The molecular weight excluding hydrogens is 442 g/mol. The Bertz CT molecular complexity index is 1420. The van der Waals surface area contributed by atoms with E-state index < -0.39 is 0 Å². The number of ether oxygens (including phenoxy) is 1. The quantitative estimate of drug-likeness (QED) is 0.389. The van der Waals surface area contributed by atoms with Gasteiger partial charge in [0, 0.05) is 22.7 Å². The van der Waals surface area contributed by atoms with Crippen LogP contribution in [0.15, 0.2) is 72.6 Å². The molecule has 0 amide bonds. The number of thiazole rings is 1. The summed E-state index contributed by atoms with van der Waals surface area (Å²) in [6, 6.07) is 17.5. The third-order valence-electron chi connectivity index (χ3n) is 5.09. The Morgan fingerprint density at radius 1 is 1.12 bits per heavy atom. The first-order valence-electron chi connectivity index (χ1n) is 9.78. The number of aromatic nitrogens is 3. The smallest absolute Gasteiger partial charge is 0.194 e. The van der Waals surface area contributed by atoms with Crippen LogP contribution in [0, 0.1) is 11.3 Å². The molecule has 6 nitrogen and oxygen atoms in total. The molecule has 0 radical (unpaired) electrons. The molecule has 0 fully saturated rings. The molecular formula is C24H16ClN5OS. The number of halogens is 1. The van der Waals surface area contributed by atoms with Crippen LogP contribution in [0.3, 0.4) is 0 Å². The number of rotatable bonds is 4. The minimum Gasteiger partial charge on any atom is -0.496 e. The summed E-state index contributed by atoms with van der Waals surface area (Å²) in [6.45, 7) is 0.511. The number of hydrogen-bond acceptors (Lipinski definition) is 7. The van der Waals surface area contributed by atoms with Gasteiger partial charge in [0.05, 0.1) is 19.0 Å². The van der Waals surface area contributed by atoms with E-state index in [-0.39, 0.29) is 0 Å². The maximum absolute atomic E-state index is 9.82. The largest absolute Gasteiger partial charge is 0.496 e. The third kappa shape index (κ3) is 3.71. The van der Waals surface area contributed by atoms with Crippen molar-refractivity contribution in [3.05, 3.63) is 83.2 Å². The monoisotopic (exact) mass is 457 g/mol. The lowest BCUT2D eigenvalue weighted by molar-refractivity contribution is 0.413. The molecule has 0 saturated carbocycles. The predicted molar refractivity (Wildman–Crippen MR) is 128 cm³/mol. The number of para-hydroxylation sites is 1. The minimum absolute atomic E-state index is 0.505. The van der Waals surface area contributed by atoms with E-state index in [0.29, 0.717) is 32.9 Å². The van der Waals surface area contributed by atoms with Crippen LogP contribution in [0.5, 0.6) is 5.75 Å². The van der Waals surface area contributed by atoms with Gasteiger partial charge in [0.2, 0.25) is 0 Å². The Balaban J connectivity index is 1.48. The average Bonchev–Trinajstić information content (AvgIpc) is 3.27. The summed E-state index contributed by atoms with van der Waals surface area (Å²) in [6.07, 6.45) is 5.62. The van der Waals surface area contributed by atoms with E-state index in [1.807, 2.05) is 59.5 Å². The van der Waals surface area contributed by atoms with E-state index in [4.69, 9.17) is 21.3 Å². The highest BCUT2D eigenvalue weighted by molar-refractivity contribution is 7.21. The van der Waals surface area contributed by atoms with E-state index in [0.717, 1.165) is 28.1 Å². The fourth-order valence-corrected chi connectivity index (χ4v) is 4.55. The highest BCUT2D eigenvalue weighted by Crippen LogP contribution is 2.35. The first-order chi connectivity index (χ1) is 15.7. The number of fused-ring (bicyclic) bond motifs is 1. The van der Waals surface area contributed by atoms with Crippen LogP contribution in [-0.2, 0) is 0 Å². The summed E-state index contributed by atoms with van der Waals surface area (Å²) in [5.41, 5.74) is 4.63. The molecule has 0 N–H and O–H groups in total. The van der Waals surface area contributed by atoms with Crippen LogP contribution in [-0.4, -0.2) is 28.6 Å². The van der Waals surface area contributed by atoms with E-state index in [1.165, 1.54) is 11.3 Å². The summed E-state index contributed by atoms with van der Waals surface area (Å²) in [5, 5.41) is 11.2. The van der Waals surface area contributed by atoms with Crippen molar-refractivity contribution in [1.82, 2.24) is 15.0 Å². The zero-order chi connectivity index (χ0) is 22.1. The summed E-state index contributed by atoms with van der Waals surface area (Å²) in [4.78, 5) is 16.4. The second-order valence-electron chi connectivity index (χ2n) is 7.00. The second-order valence-corrected chi connectivity index (χ2v) is 8.39. The lowest BCUT2D eigenvalue weighted by atomic mass is 10.0. The molecule has 0 unspecified atom stereocenters. The van der Waals surface area contributed by atoms with Gasteiger partial charge in [-0.05, 0) is 29.8 Å². The van der Waals surface area contributed by atoms with Crippen LogP contribution in [0.25, 0.3) is 27.3 Å². The highest BCUT2D eigenvalue weighted by Gasteiger charge is 2.22. The molecule has 2 aromatic heterocycles. The molecule has 1 aliphatic heterocycles. The van der Waals surface area contributed by atoms with E-state index >= 15 is 0 Å². The van der Waals surface area contributed by atoms with Gasteiger partial charge in [0.25, 0.3) is 0 Å². The Hall–Kier alpha value is -3.73. The average molecular weight is 458 g/mol. The van der Waals surface area contributed by atoms with Gasteiger partial charge in [-0.3, -0.25) is 0 Å². The lowest BCUT2D eigenvalue weighted by Gasteiger charge is -2.23. The first-order valence-corrected chi connectivity index (χ1v) is 11.0. The number of methoxy groups -OCH3 is 1. The Kier molecular flexibility index (Phi) is 5.31. The van der Waals surface area contributed by atoms with Crippen molar-refractivity contribution in [2.75, 3.05) is 18.6 Å². The number of allylic oxidation sites excluding steroid dienone is 3. The molecule has 156 valence electrons. The van der Waals surface area contributed by atoms with E-state index in [2.05, 4.69) is 22.1 Å². The van der Waals surface area contributed by atoms with Crippen LogP contribution < -0.4 is 9.64 Å².